The first kappa shape index (κ1) is 15.4. The number of imide groups is 1. The van der Waals surface area contributed by atoms with Crippen LogP contribution < -0.4 is 0 Å². The van der Waals surface area contributed by atoms with Crippen LogP contribution in [-0.2, 0) is 22.6 Å². The van der Waals surface area contributed by atoms with E-state index in [0.717, 1.165) is 22.0 Å². The minimum Gasteiger partial charge on any atom is -0.278 e. The molecular weight excluding hydrogens is 314 g/mol. The molecule has 1 atom stereocenters. The highest BCUT2D eigenvalue weighted by Crippen LogP contribution is 2.27. The second-order valence-corrected chi connectivity index (χ2v) is 6.28. The van der Waals surface area contributed by atoms with E-state index in [9.17, 15) is 9.59 Å². The lowest BCUT2D eigenvalue weighted by atomic mass is 9.96. The van der Waals surface area contributed by atoms with Gasteiger partial charge in [0.15, 0.2) is 0 Å². The molecule has 25 heavy (non-hydrogen) atoms. The summed E-state index contributed by atoms with van der Waals surface area (Å²) in [6, 6.07) is 13.5. The Hall–Kier alpha value is -3.08. The van der Waals surface area contributed by atoms with Gasteiger partial charge in [0, 0.05) is 30.4 Å². The molecule has 0 aliphatic carbocycles. The van der Waals surface area contributed by atoms with Crippen molar-refractivity contribution < 1.29 is 9.59 Å². The fraction of sp³-hybridized carbons (Fsp3) is 0.200. The number of aromatic nitrogens is 2. The fourth-order valence-electron chi connectivity index (χ4n) is 3.35. The number of nitrogens with zero attached hydrogens (tertiary/aromatic N) is 3. The van der Waals surface area contributed by atoms with Gasteiger partial charge < -0.3 is 0 Å². The summed E-state index contributed by atoms with van der Waals surface area (Å²) in [4.78, 5) is 34.9. The molecule has 1 aromatic carbocycles. The number of hydrogen-bond donors (Lipinski definition) is 0. The number of rotatable bonds is 4. The molecule has 3 heterocycles. The molecule has 2 amide bonds. The van der Waals surface area contributed by atoms with E-state index < -0.39 is 0 Å². The number of hydrogen-bond acceptors (Lipinski definition) is 4. The Morgan fingerprint density at radius 1 is 1.04 bits per heavy atom. The van der Waals surface area contributed by atoms with Gasteiger partial charge in [0.05, 0.1) is 18.0 Å². The number of pyridine rings is 2. The minimum atomic E-state index is -0.322. The third-order valence-corrected chi connectivity index (χ3v) is 4.58. The van der Waals surface area contributed by atoms with Crippen LogP contribution in [0, 0.1) is 5.92 Å². The lowest BCUT2D eigenvalue weighted by molar-refractivity contribution is -0.140. The summed E-state index contributed by atoms with van der Waals surface area (Å²) >= 11 is 0. The van der Waals surface area contributed by atoms with E-state index in [1.54, 1.807) is 24.7 Å². The first-order valence-electron chi connectivity index (χ1n) is 8.28. The van der Waals surface area contributed by atoms with Crippen molar-refractivity contribution >= 4 is 22.7 Å². The standard InChI is InChI=1S/C20H17N3O2/c24-18-11-17(20(25)23(18)13-14-4-2-8-21-12-14)10-16-6-1-5-15-7-3-9-22-19(15)16/h1-9,12,17H,10-11,13H2. The number of fused-ring (bicyclic) bond motifs is 1. The first-order valence-corrected chi connectivity index (χ1v) is 8.28. The Kier molecular flexibility index (Phi) is 3.98. The summed E-state index contributed by atoms with van der Waals surface area (Å²) in [6.45, 7) is 0.287. The zero-order chi connectivity index (χ0) is 17.2. The van der Waals surface area contributed by atoms with E-state index in [2.05, 4.69) is 9.97 Å². The molecule has 1 aliphatic rings. The topological polar surface area (TPSA) is 63.2 Å². The molecule has 2 aromatic heterocycles. The lowest BCUT2D eigenvalue weighted by Crippen LogP contribution is -2.30. The number of carbonyl (C=O) groups excluding carboxylic acids is 2. The molecule has 5 nitrogen and oxygen atoms in total. The van der Waals surface area contributed by atoms with Crippen LogP contribution in [0.25, 0.3) is 10.9 Å². The number of likely N-dealkylation sites (tertiary alicyclic amines) is 1. The summed E-state index contributed by atoms with van der Waals surface area (Å²) in [6.07, 6.45) is 5.89. The zero-order valence-corrected chi connectivity index (χ0v) is 13.6. The van der Waals surface area contributed by atoms with Gasteiger partial charge in [-0.05, 0) is 29.7 Å². The summed E-state index contributed by atoms with van der Waals surface area (Å²) < 4.78 is 0. The molecule has 1 fully saturated rings. The molecule has 1 aliphatic heterocycles. The van der Waals surface area contributed by atoms with Crippen molar-refractivity contribution in [3.8, 4) is 0 Å². The van der Waals surface area contributed by atoms with Gasteiger partial charge >= 0.3 is 0 Å². The SMILES string of the molecule is O=C1CC(Cc2cccc3cccnc23)C(=O)N1Cc1cccnc1. The second-order valence-electron chi connectivity index (χ2n) is 6.28. The van der Waals surface area contributed by atoms with Crippen molar-refractivity contribution in [1.82, 2.24) is 14.9 Å². The van der Waals surface area contributed by atoms with E-state index in [4.69, 9.17) is 0 Å². The predicted molar refractivity (Wildman–Crippen MR) is 93.3 cm³/mol. The normalized spacial score (nSPS) is 17.4. The average Bonchev–Trinajstić information content (AvgIpc) is 2.90. The van der Waals surface area contributed by atoms with Crippen LogP contribution in [0.2, 0.25) is 0 Å². The molecule has 0 bridgehead atoms. The van der Waals surface area contributed by atoms with Crippen LogP contribution in [0.4, 0.5) is 0 Å². The average molecular weight is 331 g/mol. The van der Waals surface area contributed by atoms with Gasteiger partial charge in [-0.2, -0.15) is 0 Å². The van der Waals surface area contributed by atoms with Gasteiger partial charge in [0.2, 0.25) is 11.8 Å². The van der Waals surface area contributed by atoms with E-state index in [-0.39, 0.29) is 30.7 Å². The molecule has 3 aromatic rings. The molecular formula is C20H17N3O2. The lowest BCUT2D eigenvalue weighted by Gasteiger charge is -2.15. The highest BCUT2D eigenvalue weighted by atomic mass is 16.2. The third-order valence-electron chi connectivity index (χ3n) is 4.58. The quantitative estimate of drug-likeness (QED) is 0.690. The summed E-state index contributed by atoms with van der Waals surface area (Å²) in [7, 11) is 0. The number of para-hydroxylation sites is 1. The van der Waals surface area contributed by atoms with Crippen molar-refractivity contribution in [1.29, 1.82) is 0 Å². The maximum Gasteiger partial charge on any atom is 0.233 e. The van der Waals surface area contributed by atoms with E-state index in [1.807, 2.05) is 36.4 Å². The third kappa shape index (κ3) is 3.01. The molecule has 5 heteroatoms. The Morgan fingerprint density at radius 2 is 1.88 bits per heavy atom. The molecule has 4 rings (SSSR count). The largest absolute Gasteiger partial charge is 0.278 e. The molecule has 1 saturated heterocycles. The smallest absolute Gasteiger partial charge is 0.233 e. The van der Waals surface area contributed by atoms with E-state index in [0.29, 0.717) is 6.42 Å². The van der Waals surface area contributed by atoms with Gasteiger partial charge in [0.25, 0.3) is 0 Å². The maximum atomic E-state index is 12.7. The van der Waals surface area contributed by atoms with Crippen LogP contribution in [0.1, 0.15) is 17.5 Å². The molecule has 124 valence electrons. The molecule has 1 unspecified atom stereocenters. The van der Waals surface area contributed by atoms with Crippen molar-refractivity contribution in [3.05, 3.63) is 72.2 Å². The summed E-state index contributed by atoms with van der Waals surface area (Å²) in [5.41, 5.74) is 2.76. The van der Waals surface area contributed by atoms with E-state index >= 15 is 0 Å². The van der Waals surface area contributed by atoms with Gasteiger partial charge in [-0.15, -0.1) is 0 Å². The van der Waals surface area contributed by atoms with Gasteiger partial charge in [-0.1, -0.05) is 30.3 Å². The van der Waals surface area contributed by atoms with Gasteiger partial charge in [-0.3, -0.25) is 24.5 Å². The Balaban J connectivity index is 1.56. The minimum absolute atomic E-state index is 0.109. The van der Waals surface area contributed by atoms with Gasteiger partial charge in [0.1, 0.15) is 0 Å². The highest BCUT2D eigenvalue weighted by Gasteiger charge is 2.38. The highest BCUT2D eigenvalue weighted by molar-refractivity contribution is 6.03. The summed E-state index contributed by atoms with van der Waals surface area (Å²) in [5, 5.41) is 1.05. The monoisotopic (exact) mass is 331 g/mol. The Bertz CT molecular complexity index is 935. The molecule has 0 radical (unpaired) electrons. The number of benzene rings is 1. The van der Waals surface area contributed by atoms with Crippen molar-refractivity contribution in [2.24, 2.45) is 5.92 Å². The van der Waals surface area contributed by atoms with Crippen LogP contribution in [0.3, 0.4) is 0 Å². The second kappa shape index (κ2) is 6.43. The predicted octanol–water partition coefficient (Wildman–Crippen LogP) is 2.75. The van der Waals surface area contributed by atoms with Crippen LogP contribution >= 0.6 is 0 Å². The van der Waals surface area contributed by atoms with Gasteiger partial charge in [-0.25, -0.2) is 0 Å². The maximum absolute atomic E-state index is 12.7. The van der Waals surface area contributed by atoms with Crippen LogP contribution in [-0.4, -0.2) is 26.7 Å². The van der Waals surface area contributed by atoms with E-state index in [1.165, 1.54) is 4.90 Å². The van der Waals surface area contributed by atoms with Crippen LogP contribution in [0.5, 0.6) is 0 Å². The van der Waals surface area contributed by atoms with Crippen LogP contribution in [0.15, 0.2) is 61.1 Å². The molecule has 0 N–H and O–H groups in total. The Labute approximate surface area is 145 Å². The first-order chi connectivity index (χ1) is 12.2. The summed E-state index contributed by atoms with van der Waals surface area (Å²) in [5.74, 6) is -0.550. The number of amides is 2. The molecule has 0 saturated carbocycles. The Morgan fingerprint density at radius 3 is 2.72 bits per heavy atom. The number of carbonyl (C=O) groups is 2. The van der Waals surface area contributed by atoms with Crippen molar-refractivity contribution in [2.45, 2.75) is 19.4 Å². The zero-order valence-electron chi connectivity index (χ0n) is 13.6. The fourth-order valence-corrected chi connectivity index (χ4v) is 3.35. The molecule has 0 spiro atoms. The van der Waals surface area contributed by atoms with Crippen molar-refractivity contribution in [3.63, 3.8) is 0 Å². The van der Waals surface area contributed by atoms with Crippen molar-refractivity contribution in [2.75, 3.05) is 0 Å².